The molecule has 1 aliphatic rings. The Labute approximate surface area is 115 Å². The molecule has 1 nitrogen and oxygen atoms in total. The van der Waals surface area contributed by atoms with E-state index < -0.39 is 0 Å². The highest BCUT2D eigenvalue weighted by molar-refractivity contribution is 5.61. The van der Waals surface area contributed by atoms with Gasteiger partial charge in [-0.25, -0.2) is 0 Å². The molecule has 1 aromatic rings. The number of methoxy groups -OCH3 is 1. The van der Waals surface area contributed by atoms with Gasteiger partial charge in [0, 0.05) is 25.5 Å². The van der Waals surface area contributed by atoms with E-state index >= 15 is 0 Å². The number of rotatable bonds is 2. The minimum atomic E-state index is -0.217. The Morgan fingerprint density at radius 2 is 1.84 bits per heavy atom. The highest BCUT2D eigenvalue weighted by Crippen LogP contribution is 2.13. The Kier molecular flexibility index (Phi) is 5.30. The lowest BCUT2D eigenvalue weighted by Crippen LogP contribution is -2.10. The highest BCUT2D eigenvalue weighted by Gasteiger charge is 2.08. The van der Waals surface area contributed by atoms with Gasteiger partial charge < -0.3 is 4.74 Å². The van der Waals surface area contributed by atoms with Crippen LogP contribution in [-0.2, 0) is 4.74 Å². The summed E-state index contributed by atoms with van der Waals surface area (Å²) in [5.74, 6) is 12.8. The van der Waals surface area contributed by atoms with Crippen LogP contribution in [0.25, 0.3) is 6.08 Å². The number of hydrogen-bond donors (Lipinski definition) is 0. The fraction of sp³-hybridized carbons (Fsp3) is 0.333. The zero-order valence-corrected chi connectivity index (χ0v) is 11.3. The third-order valence-corrected chi connectivity index (χ3v) is 2.96. The van der Waals surface area contributed by atoms with Gasteiger partial charge in [-0.2, -0.15) is 0 Å². The predicted molar refractivity (Wildman–Crippen MR) is 79.2 cm³/mol. The molecule has 19 heavy (non-hydrogen) atoms. The summed E-state index contributed by atoms with van der Waals surface area (Å²) in [6, 6.07) is 10.2. The molecule has 0 N–H and O–H groups in total. The van der Waals surface area contributed by atoms with Gasteiger partial charge in [-0.1, -0.05) is 48.1 Å². The van der Waals surface area contributed by atoms with Crippen molar-refractivity contribution in [1.29, 1.82) is 0 Å². The SMILES string of the molecule is COC1C#CCCCCC#CC1=Cc1ccccc1. The summed E-state index contributed by atoms with van der Waals surface area (Å²) in [5, 5.41) is 0. The first-order valence-electron chi connectivity index (χ1n) is 6.67. The molecule has 96 valence electrons. The Morgan fingerprint density at radius 3 is 2.58 bits per heavy atom. The minimum Gasteiger partial charge on any atom is -0.363 e. The van der Waals surface area contributed by atoms with E-state index in [1.165, 1.54) is 0 Å². The van der Waals surface area contributed by atoms with Crippen molar-refractivity contribution < 1.29 is 4.74 Å². The molecule has 1 aliphatic carbocycles. The first kappa shape index (κ1) is 13.5. The molecule has 1 atom stereocenters. The maximum atomic E-state index is 5.46. The second-order valence-corrected chi connectivity index (χ2v) is 4.46. The lowest BCUT2D eigenvalue weighted by atomic mass is 10.0. The summed E-state index contributed by atoms with van der Waals surface area (Å²) >= 11 is 0. The van der Waals surface area contributed by atoms with Crippen LogP contribution in [0, 0.1) is 23.7 Å². The Hall–Kier alpha value is -1.96. The molecule has 0 aliphatic heterocycles. The molecule has 1 heteroatoms. The first-order valence-corrected chi connectivity index (χ1v) is 6.67. The summed E-state index contributed by atoms with van der Waals surface area (Å²) in [4.78, 5) is 0. The maximum Gasteiger partial charge on any atom is 0.150 e. The van der Waals surface area contributed by atoms with E-state index in [1.54, 1.807) is 7.11 Å². The number of benzene rings is 1. The third kappa shape index (κ3) is 4.32. The summed E-state index contributed by atoms with van der Waals surface area (Å²) < 4.78 is 5.46. The lowest BCUT2D eigenvalue weighted by Gasteiger charge is -2.09. The van der Waals surface area contributed by atoms with Crippen molar-refractivity contribution in [2.45, 2.75) is 31.8 Å². The van der Waals surface area contributed by atoms with Crippen LogP contribution >= 0.6 is 0 Å². The fourth-order valence-corrected chi connectivity index (χ4v) is 1.93. The second-order valence-electron chi connectivity index (χ2n) is 4.46. The second kappa shape index (κ2) is 7.47. The standard InChI is InChI=1S/C18H18O/c1-19-18-14-10-5-3-2-4-9-13-17(18)15-16-11-7-6-8-12-16/h6-8,11-12,15,18H,2-5H2,1H3. The highest BCUT2D eigenvalue weighted by atomic mass is 16.5. The maximum absolute atomic E-state index is 5.46. The average molecular weight is 250 g/mol. The van der Waals surface area contributed by atoms with Crippen molar-refractivity contribution in [3.63, 3.8) is 0 Å². The van der Waals surface area contributed by atoms with Gasteiger partial charge in [0.2, 0.25) is 0 Å². The molecule has 0 fully saturated rings. The van der Waals surface area contributed by atoms with Gasteiger partial charge in [0.1, 0.15) is 0 Å². The van der Waals surface area contributed by atoms with Crippen LogP contribution < -0.4 is 0 Å². The monoisotopic (exact) mass is 250 g/mol. The Morgan fingerprint density at radius 1 is 1.11 bits per heavy atom. The van der Waals surface area contributed by atoms with E-state index in [2.05, 4.69) is 41.9 Å². The van der Waals surface area contributed by atoms with E-state index in [0.29, 0.717) is 0 Å². The molecule has 0 bridgehead atoms. The third-order valence-electron chi connectivity index (χ3n) is 2.96. The molecule has 1 unspecified atom stereocenters. The zero-order chi connectivity index (χ0) is 13.3. The summed E-state index contributed by atoms with van der Waals surface area (Å²) in [6.07, 6.45) is 5.96. The van der Waals surface area contributed by atoms with E-state index in [1.807, 2.05) is 18.2 Å². The molecular weight excluding hydrogens is 232 g/mol. The van der Waals surface area contributed by atoms with Gasteiger partial charge in [0.05, 0.1) is 0 Å². The van der Waals surface area contributed by atoms with Crippen molar-refractivity contribution in [3.8, 4) is 23.7 Å². The van der Waals surface area contributed by atoms with E-state index in [4.69, 9.17) is 4.74 Å². The van der Waals surface area contributed by atoms with E-state index in [9.17, 15) is 0 Å². The normalized spacial score (nSPS) is 20.9. The number of ether oxygens (including phenoxy) is 1. The molecule has 0 aromatic heterocycles. The lowest BCUT2D eigenvalue weighted by molar-refractivity contribution is 0.180. The molecule has 0 radical (unpaired) electrons. The van der Waals surface area contributed by atoms with Crippen LogP contribution in [0.4, 0.5) is 0 Å². The molecule has 0 saturated heterocycles. The van der Waals surface area contributed by atoms with Crippen molar-refractivity contribution in [2.24, 2.45) is 0 Å². The summed E-state index contributed by atoms with van der Waals surface area (Å²) in [6.45, 7) is 0. The predicted octanol–water partition coefficient (Wildman–Crippen LogP) is 3.67. The fourth-order valence-electron chi connectivity index (χ4n) is 1.93. The van der Waals surface area contributed by atoms with E-state index in [-0.39, 0.29) is 6.10 Å². The van der Waals surface area contributed by atoms with Gasteiger partial charge in [-0.15, -0.1) is 5.92 Å². The smallest absolute Gasteiger partial charge is 0.150 e. The molecule has 0 spiro atoms. The quantitative estimate of drug-likeness (QED) is 0.728. The molecule has 0 heterocycles. The molecule has 0 saturated carbocycles. The van der Waals surface area contributed by atoms with Crippen LogP contribution in [0.2, 0.25) is 0 Å². The van der Waals surface area contributed by atoms with Crippen LogP contribution in [0.5, 0.6) is 0 Å². The molecule has 2 rings (SSSR count). The molecule has 1 aromatic carbocycles. The van der Waals surface area contributed by atoms with Gasteiger partial charge in [0.25, 0.3) is 0 Å². The summed E-state index contributed by atoms with van der Waals surface area (Å²) in [7, 11) is 1.69. The van der Waals surface area contributed by atoms with Crippen molar-refractivity contribution >= 4 is 6.08 Å². The van der Waals surface area contributed by atoms with Gasteiger partial charge >= 0.3 is 0 Å². The van der Waals surface area contributed by atoms with Crippen molar-refractivity contribution in [3.05, 3.63) is 41.5 Å². The van der Waals surface area contributed by atoms with E-state index in [0.717, 1.165) is 36.8 Å². The largest absolute Gasteiger partial charge is 0.363 e. The average Bonchev–Trinajstić information content (AvgIpc) is 2.46. The van der Waals surface area contributed by atoms with Crippen molar-refractivity contribution in [2.75, 3.05) is 7.11 Å². The van der Waals surface area contributed by atoms with Gasteiger partial charge in [-0.3, -0.25) is 0 Å². The first-order chi connectivity index (χ1) is 9.40. The summed E-state index contributed by atoms with van der Waals surface area (Å²) in [5.41, 5.74) is 2.08. The van der Waals surface area contributed by atoms with Crippen LogP contribution in [0.1, 0.15) is 31.2 Å². The molecule has 0 amide bonds. The van der Waals surface area contributed by atoms with Crippen LogP contribution in [0.3, 0.4) is 0 Å². The Bertz CT molecular complexity index is 546. The zero-order valence-electron chi connectivity index (χ0n) is 11.3. The topological polar surface area (TPSA) is 9.23 Å². The minimum absolute atomic E-state index is 0.217. The van der Waals surface area contributed by atoms with Crippen LogP contribution in [-0.4, -0.2) is 13.2 Å². The molecular formula is C18H18O. The van der Waals surface area contributed by atoms with Crippen LogP contribution in [0.15, 0.2) is 35.9 Å². The van der Waals surface area contributed by atoms with Gasteiger partial charge in [0.15, 0.2) is 6.10 Å². The van der Waals surface area contributed by atoms with Gasteiger partial charge in [-0.05, 0) is 24.5 Å². The van der Waals surface area contributed by atoms with Crippen molar-refractivity contribution in [1.82, 2.24) is 0 Å². The number of hydrogen-bond acceptors (Lipinski definition) is 1. The Balaban J connectivity index is 2.32.